The molecule has 3 nitrogen and oxygen atoms in total. The van der Waals surface area contributed by atoms with Crippen molar-refractivity contribution in [1.29, 1.82) is 0 Å². The second-order valence-corrected chi connectivity index (χ2v) is 0.668. The molecule has 0 aromatic heterocycles. The van der Waals surface area contributed by atoms with Crippen LogP contribution in [0.2, 0.25) is 0 Å². The maximum absolute atomic E-state index is 9.45. The van der Waals surface area contributed by atoms with Crippen LogP contribution in [0.3, 0.4) is 0 Å². The van der Waals surface area contributed by atoms with E-state index in [4.69, 9.17) is 5.21 Å². The van der Waals surface area contributed by atoms with Crippen molar-refractivity contribution in [3.63, 3.8) is 0 Å². The Bertz CT molecular complexity index is 51.0. The van der Waals surface area contributed by atoms with Crippen LogP contribution in [0.5, 0.6) is 0 Å². The molecule has 0 radical (unpaired) electrons. The molecule has 1 amide bonds. The van der Waals surface area contributed by atoms with Crippen LogP contribution in [0.15, 0.2) is 0 Å². The first-order chi connectivity index (χ1) is 2.27. The standard InChI is InChI=1S/C2H5NO2.K.H/c1-2(4)3-5;;/h5H,1H3,(H,3,4);;/q;+1;-1. The number of amides is 1. The summed E-state index contributed by atoms with van der Waals surface area (Å²) in [4.78, 5) is 9.45. The van der Waals surface area contributed by atoms with Gasteiger partial charge in [-0.1, -0.05) is 0 Å². The van der Waals surface area contributed by atoms with E-state index in [1.165, 1.54) is 12.4 Å². The maximum atomic E-state index is 9.45. The topological polar surface area (TPSA) is 49.3 Å². The Labute approximate surface area is 80.0 Å². The number of hydrogen-bond donors (Lipinski definition) is 2. The van der Waals surface area contributed by atoms with Crippen molar-refractivity contribution in [3.8, 4) is 0 Å². The molecule has 0 bridgehead atoms. The predicted molar refractivity (Wildman–Crippen MR) is 16.7 cm³/mol. The molecule has 0 aromatic rings. The van der Waals surface area contributed by atoms with Gasteiger partial charge in [0.05, 0.1) is 0 Å². The van der Waals surface area contributed by atoms with Crippen molar-refractivity contribution in [3.05, 3.63) is 0 Å². The first kappa shape index (κ1) is 10.1. The van der Waals surface area contributed by atoms with Gasteiger partial charge in [0.15, 0.2) is 0 Å². The minimum Gasteiger partial charge on any atom is -1.00 e. The molecule has 2 N–H and O–H groups in total. The van der Waals surface area contributed by atoms with Gasteiger partial charge in [0.25, 0.3) is 0 Å². The normalized spacial score (nSPS) is 5.67. The Kier molecular flexibility index (Phi) is 10.2. The molecular weight excluding hydrogens is 109 g/mol. The second-order valence-electron chi connectivity index (χ2n) is 0.668. The van der Waals surface area contributed by atoms with Crippen molar-refractivity contribution in [1.82, 2.24) is 5.48 Å². The van der Waals surface area contributed by atoms with Crippen molar-refractivity contribution in [2.75, 3.05) is 0 Å². The Morgan fingerprint density at radius 3 is 2.17 bits per heavy atom. The van der Waals surface area contributed by atoms with Gasteiger partial charge in [-0.25, -0.2) is 5.48 Å². The first-order valence-electron chi connectivity index (χ1n) is 1.18. The van der Waals surface area contributed by atoms with Crippen LogP contribution in [0.4, 0.5) is 0 Å². The molecule has 0 rings (SSSR count). The minimum atomic E-state index is -0.440. The molecule has 6 heavy (non-hydrogen) atoms. The average molecular weight is 115 g/mol. The molecule has 0 aliphatic heterocycles. The second kappa shape index (κ2) is 6.07. The van der Waals surface area contributed by atoms with Crippen LogP contribution >= 0.6 is 0 Å². The van der Waals surface area contributed by atoms with Gasteiger partial charge in [-0.15, -0.1) is 0 Å². The van der Waals surface area contributed by atoms with Crippen LogP contribution in [0.25, 0.3) is 0 Å². The molecule has 4 heteroatoms. The van der Waals surface area contributed by atoms with E-state index >= 15 is 0 Å². The SMILES string of the molecule is CC(=O)NO.[H-].[K+]. The molecule has 0 spiro atoms. The molecular formula is C2H6KNO2. The molecule has 0 saturated carbocycles. The zero-order valence-corrected chi connectivity index (χ0v) is 6.98. The smallest absolute Gasteiger partial charge is 1.00 e. The molecule has 0 heterocycles. The Balaban J connectivity index is -0.0000000800. The summed E-state index contributed by atoms with van der Waals surface area (Å²) in [7, 11) is 0. The Morgan fingerprint density at radius 1 is 2.00 bits per heavy atom. The minimum absolute atomic E-state index is 0. The van der Waals surface area contributed by atoms with Crippen LogP contribution in [-0.4, -0.2) is 11.1 Å². The fourth-order valence-electron chi connectivity index (χ4n) is 0. The molecule has 0 aliphatic rings. The van der Waals surface area contributed by atoms with Crippen LogP contribution in [-0.2, 0) is 4.79 Å². The monoisotopic (exact) mass is 115 g/mol. The zero-order chi connectivity index (χ0) is 4.28. The number of carbonyl (C=O) groups excluding carboxylic acids is 1. The van der Waals surface area contributed by atoms with E-state index in [0.717, 1.165) is 0 Å². The molecule has 0 unspecified atom stereocenters. The van der Waals surface area contributed by atoms with E-state index in [0.29, 0.717) is 0 Å². The summed E-state index contributed by atoms with van der Waals surface area (Å²) in [5, 5.41) is 7.54. The molecule has 0 atom stereocenters. The third kappa shape index (κ3) is 8.91. The van der Waals surface area contributed by atoms with E-state index < -0.39 is 5.91 Å². The molecule has 0 aliphatic carbocycles. The number of carbonyl (C=O) groups is 1. The van der Waals surface area contributed by atoms with Gasteiger partial charge in [0.2, 0.25) is 5.91 Å². The average Bonchev–Trinajstić information content (AvgIpc) is 1.38. The number of rotatable bonds is 0. The number of nitrogens with one attached hydrogen (secondary N) is 1. The van der Waals surface area contributed by atoms with Gasteiger partial charge < -0.3 is 1.43 Å². The third-order valence-corrected chi connectivity index (χ3v) is 0.157. The molecule has 32 valence electrons. The van der Waals surface area contributed by atoms with Gasteiger partial charge in [0.1, 0.15) is 0 Å². The zero-order valence-electron chi connectivity index (χ0n) is 4.86. The van der Waals surface area contributed by atoms with Crippen molar-refractivity contribution >= 4 is 5.91 Å². The Hall–Kier alpha value is 1.07. The van der Waals surface area contributed by atoms with Gasteiger partial charge in [-0.3, -0.25) is 10.0 Å². The van der Waals surface area contributed by atoms with Crippen molar-refractivity contribution in [2.24, 2.45) is 0 Å². The third-order valence-electron chi connectivity index (χ3n) is 0.157. The Morgan fingerprint density at radius 2 is 2.17 bits per heavy atom. The van der Waals surface area contributed by atoms with E-state index in [-0.39, 0.29) is 52.8 Å². The summed E-state index contributed by atoms with van der Waals surface area (Å²) >= 11 is 0. The largest absolute Gasteiger partial charge is 1.00 e. The summed E-state index contributed by atoms with van der Waals surface area (Å²) in [5.74, 6) is -0.440. The summed E-state index contributed by atoms with van der Waals surface area (Å²) in [5.41, 5.74) is 1.39. The van der Waals surface area contributed by atoms with E-state index in [1.807, 2.05) is 0 Å². The van der Waals surface area contributed by atoms with E-state index in [2.05, 4.69) is 0 Å². The predicted octanol–water partition coefficient (Wildman–Crippen LogP) is -3.37. The summed E-state index contributed by atoms with van der Waals surface area (Å²) in [6.07, 6.45) is 0. The molecule has 0 fully saturated rings. The first-order valence-corrected chi connectivity index (χ1v) is 1.18. The van der Waals surface area contributed by atoms with Gasteiger partial charge in [-0.2, -0.15) is 0 Å². The van der Waals surface area contributed by atoms with Gasteiger partial charge in [-0.05, 0) is 0 Å². The molecule has 0 aromatic carbocycles. The fraction of sp³-hybridized carbons (Fsp3) is 0.500. The van der Waals surface area contributed by atoms with Crippen molar-refractivity contribution < 1.29 is 62.8 Å². The number of hydroxylamine groups is 1. The summed E-state index contributed by atoms with van der Waals surface area (Å²) < 4.78 is 0. The quantitative estimate of drug-likeness (QED) is 0.197. The van der Waals surface area contributed by atoms with Crippen molar-refractivity contribution in [2.45, 2.75) is 6.92 Å². The summed E-state index contributed by atoms with van der Waals surface area (Å²) in [6, 6.07) is 0. The van der Waals surface area contributed by atoms with E-state index in [1.54, 1.807) is 0 Å². The summed E-state index contributed by atoms with van der Waals surface area (Å²) in [6.45, 7) is 1.22. The maximum Gasteiger partial charge on any atom is 1.00 e. The number of hydrogen-bond acceptors (Lipinski definition) is 2. The van der Waals surface area contributed by atoms with Crippen LogP contribution in [0.1, 0.15) is 8.35 Å². The van der Waals surface area contributed by atoms with Gasteiger partial charge >= 0.3 is 51.4 Å². The van der Waals surface area contributed by atoms with Crippen LogP contribution < -0.4 is 56.9 Å². The van der Waals surface area contributed by atoms with E-state index in [9.17, 15) is 4.79 Å². The molecule has 0 saturated heterocycles. The fourth-order valence-corrected chi connectivity index (χ4v) is 0. The van der Waals surface area contributed by atoms with Crippen LogP contribution in [0, 0.1) is 0 Å². The van der Waals surface area contributed by atoms with Gasteiger partial charge in [0, 0.05) is 6.92 Å².